The van der Waals surface area contributed by atoms with Gasteiger partial charge in [0.2, 0.25) is 0 Å². The van der Waals surface area contributed by atoms with Crippen LogP contribution in [0.4, 0.5) is 28.0 Å². The van der Waals surface area contributed by atoms with Gasteiger partial charge in [0.05, 0.1) is 17.9 Å². The molecule has 0 saturated heterocycles. The summed E-state index contributed by atoms with van der Waals surface area (Å²) in [5.41, 5.74) is -1.96. The Hall–Kier alpha value is -2.36. The predicted octanol–water partition coefficient (Wildman–Crippen LogP) is 1.41. The molecule has 2 amide bonds. The zero-order valence-corrected chi connectivity index (χ0v) is 10.2. The summed E-state index contributed by atoms with van der Waals surface area (Å²) in [4.78, 5) is 21.9. The zero-order chi connectivity index (χ0) is 16.2. The van der Waals surface area contributed by atoms with E-state index in [4.69, 9.17) is 10.2 Å². The SMILES string of the molecule is O=C(Nc1cc(C(F)(F)F)ccc1F)NC(CO)C(=O)O. The van der Waals surface area contributed by atoms with Crippen LogP contribution in [0.15, 0.2) is 18.2 Å². The maximum Gasteiger partial charge on any atom is 0.416 e. The Balaban J connectivity index is 2.87. The number of hydrogen-bond acceptors (Lipinski definition) is 3. The molecule has 1 atom stereocenters. The molecule has 0 fully saturated rings. The van der Waals surface area contributed by atoms with E-state index in [2.05, 4.69) is 0 Å². The van der Waals surface area contributed by atoms with E-state index in [0.717, 1.165) is 0 Å². The van der Waals surface area contributed by atoms with Crippen molar-refractivity contribution in [1.82, 2.24) is 5.32 Å². The van der Waals surface area contributed by atoms with Gasteiger partial charge in [-0.25, -0.2) is 14.0 Å². The molecule has 0 aromatic heterocycles. The normalized spacial score (nSPS) is 12.6. The van der Waals surface area contributed by atoms with Crippen LogP contribution in [0.3, 0.4) is 0 Å². The second-order valence-corrected chi connectivity index (χ2v) is 3.86. The van der Waals surface area contributed by atoms with Crippen LogP contribution in [0, 0.1) is 5.82 Å². The van der Waals surface area contributed by atoms with E-state index >= 15 is 0 Å². The minimum absolute atomic E-state index is 0.365. The number of halogens is 4. The van der Waals surface area contributed by atoms with Gasteiger partial charge in [-0.3, -0.25) is 0 Å². The smallest absolute Gasteiger partial charge is 0.416 e. The van der Waals surface area contributed by atoms with E-state index in [0.29, 0.717) is 18.2 Å². The minimum Gasteiger partial charge on any atom is -0.480 e. The summed E-state index contributed by atoms with van der Waals surface area (Å²) in [7, 11) is 0. The molecule has 0 bridgehead atoms. The highest BCUT2D eigenvalue weighted by atomic mass is 19.4. The summed E-state index contributed by atoms with van der Waals surface area (Å²) in [5.74, 6) is -2.69. The molecule has 6 nitrogen and oxygen atoms in total. The van der Waals surface area contributed by atoms with Gasteiger partial charge in [0.25, 0.3) is 0 Å². The lowest BCUT2D eigenvalue weighted by atomic mass is 10.2. The summed E-state index contributed by atoms with van der Waals surface area (Å²) in [6.07, 6.45) is -4.73. The molecule has 0 saturated carbocycles. The van der Waals surface area contributed by atoms with Gasteiger partial charge in [0.1, 0.15) is 5.82 Å². The number of benzene rings is 1. The number of nitrogens with one attached hydrogen (secondary N) is 2. The number of carbonyl (C=O) groups excluding carboxylic acids is 1. The number of hydrogen-bond donors (Lipinski definition) is 4. The quantitative estimate of drug-likeness (QED) is 0.632. The molecule has 0 aliphatic carbocycles. The average molecular weight is 310 g/mol. The fourth-order valence-electron chi connectivity index (χ4n) is 1.30. The standard InChI is InChI=1S/C11H10F4N2O4/c12-6-2-1-5(11(13,14)15)3-7(6)16-10(21)17-8(4-18)9(19)20/h1-3,8,18H,4H2,(H,19,20)(H2,16,17,21). The Morgan fingerprint density at radius 3 is 2.38 bits per heavy atom. The van der Waals surface area contributed by atoms with Crippen LogP contribution in [-0.4, -0.2) is 34.9 Å². The Kier molecular flexibility index (Phi) is 5.08. The number of rotatable bonds is 4. The van der Waals surface area contributed by atoms with Crippen molar-refractivity contribution in [2.45, 2.75) is 12.2 Å². The van der Waals surface area contributed by atoms with Crippen molar-refractivity contribution in [2.24, 2.45) is 0 Å². The van der Waals surface area contributed by atoms with Gasteiger partial charge in [-0.05, 0) is 18.2 Å². The van der Waals surface area contributed by atoms with E-state index in [-0.39, 0.29) is 0 Å². The van der Waals surface area contributed by atoms with Gasteiger partial charge in [0, 0.05) is 0 Å². The molecule has 1 unspecified atom stereocenters. The number of carbonyl (C=O) groups is 2. The molecular weight excluding hydrogens is 300 g/mol. The highest BCUT2D eigenvalue weighted by molar-refractivity contribution is 5.92. The van der Waals surface area contributed by atoms with E-state index in [1.165, 1.54) is 0 Å². The first-order valence-corrected chi connectivity index (χ1v) is 5.43. The zero-order valence-electron chi connectivity index (χ0n) is 10.2. The van der Waals surface area contributed by atoms with Gasteiger partial charge in [-0.15, -0.1) is 0 Å². The molecule has 1 aromatic carbocycles. The lowest BCUT2D eigenvalue weighted by Gasteiger charge is -2.14. The van der Waals surface area contributed by atoms with Gasteiger partial charge < -0.3 is 20.8 Å². The first kappa shape index (κ1) is 16.7. The predicted molar refractivity (Wildman–Crippen MR) is 62.1 cm³/mol. The second-order valence-electron chi connectivity index (χ2n) is 3.86. The number of carboxylic acid groups (broad SMARTS) is 1. The number of amides is 2. The highest BCUT2D eigenvalue weighted by Crippen LogP contribution is 2.31. The van der Waals surface area contributed by atoms with Crippen LogP contribution in [0.2, 0.25) is 0 Å². The van der Waals surface area contributed by atoms with Crippen molar-refractivity contribution >= 4 is 17.7 Å². The molecule has 21 heavy (non-hydrogen) atoms. The maximum absolute atomic E-state index is 13.3. The number of carboxylic acids is 1. The largest absolute Gasteiger partial charge is 0.480 e. The average Bonchev–Trinajstić information content (AvgIpc) is 2.36. The van der Waals surface area contributed by atoms with Gasteiger partial charge in [0.15, 0.2) is 6.04 Å². The Morgan fingerprint density at radius 1 is 1.29 bits per heavy atom. The number of aliphatic hydroxyl groups is 1. The van der Waals surface area contributed by atoms with Gasteiger partial charge >= 0.3 is 18.2 Å². The van der Waals surface area contributed by atoms with Crippen molar-refractivity contribution in [3.05, 3.63) is 29.6 Å². The van der Waals surface area contributed by atoms with Gasteiger partial charge in [-0.2, -0.15) is 13.2 Å². The van der Waals surface area contributed by atoms with Crippen molar-refractivity contribution in [3.8, 4) is 0 Å². The molecule has 1 aromatic rings. The minimum atomic E-state index is -4.73. The van der Waals surface area contributed by atoms with Gasteiger partial charge in [-0.1, -0.05) is 0 Å². The fraction of sp³-hybridized carbons (Fsp3) is 0.273. The summed E-state index contributed by atoms with van der Waals surface area (Å²) in [5, 5.41) is 20.7. The Bertz CT molecular complexity index is 548. The van der Waals surface area contributed by atoms with Crippen molar-refractivity contribution < 1.29 is 37.4 Å². The molecule has 0 aliphatic rings. The lowest BCUT2D eigenvalue weighted by Crippen LogP contribution is -2.45. The number of aliphatic carboxylic acids is 1. The highest BCUT2D eigenvalue weighted by Gasteiger charge is 2.31. The number of urea groups is 1. The lowest BCUT2D eigenvalue weighted by molar-refractivity contribution is -0.140. The first-order chi connectivity index (χ1) is 9.65. The van der Waals surface area contributed by atoms with E-state index < -0.39 is 47.9 Å². The number of anilines is 1. The molecule has 0 heterocycles. The Labute approximate surface area is 115 Å². The van der Waals surface area contributed by atoms with Crippen molar-refractivity contribution in [1.29, 1.82) is 0 Å². The third-order valence-electron chi connectivity index (χ3n) is 2.33. The molecule has 0 spiro atoms. The van der Waals surface area contributed by atoms with Crippen LogP contribution in [0.5, 0.6) is 0 Å². The van der Waals surface area contributed by atoms with E-state index in [9.17, 15) is 27.2 Å². The third-order valence-corrected chi connectivity index (χ3v) is 2.33. The van der Waals surface area contributed by atoms with Crippen LogP contribution in [0.25, 0.3) is 0 Å². The maximum atomic E-state index is 13.3. The first-order valence-electron chi connectivity index (χ1n) is 5.43. The monoisotopic (exact) mass is 310 g/mol. The van der Waals surface area contributed by atoms with Crippen LogP contribution in [0.1, 0.15) is 5.56 Å². The fourth-order valence-corrected chi connectivity index (χ4v) is 1.30. The molecule has 4 N–H and O–H groups in total. The Morgan fingerprint density at radius 2 is 1.90 bits per heavy atom. The summed E-state index contributed by atoms with van der Waals surface area (Å²) >= 11 is 0. The van der Waals surface area contributed by atoms with Crippen LogP contribution >= 0.6 is 0 Å². The molecule has 1 rings (SSSR count). The molecule has 116 valence electrons. The summed E-state index contributed by atoms with van der Waals surface area (Å²) in [6.45, 7) is -0.937. The van der Waals surface area contributed by atoms with Crippen LogP contribution in [-0.2, 0) is 11.0 Å². The van der Waals surface area contributed by atoms with Crippen LogP contribution < -0.4 is 10.6 Å². The summed E-state index contributed by atoms with van der Waals surface area (Å²) < 4.78 is 50.7. The topological polar surface area (TPSA) is 98.7 Å². The number of alkyl halides is 3. The summed E-state index contributed by atoms with van der Waals surface area (Å²) in [6, 6.07) is -1.57. The molecular formula is C11H10F4N2O4. The van der Waals surface area contributed by atoms with E-state index in [1.54, 1.807) is 10.6 Å². The number of aliphatic hydroxyl groups excluding tert-OH is 1. The molecule has 0 radical (unpaired) electrons. The van der Waals surface area contributed by atoms with E-state index in [1.807, 2.05) is 0 Å². The second kappa shape index (κ2) is 6.39. The molecule has 10 heteroatoms. The van der Waals surface area contributed by atoms with Crippen molar-refractivity contribution in [3.63, 3.8) is 0 Å². The van der Waals surface area contributed by atoms with Crippen molar-refractivity contribution in [2.75, 3.05) is 11.9 Å². The third kappa shape index (κ3) is 4.60. The molecule has 0 aliphatic heterocycles.